The van der Waals surface area contributed by atoms with Crippen molar-refractivity contribution in [1.82, 2.24) is 4.98 Å². The van der Waals surface area contributed by atoms with Crippen LogP contribution >= 0.6 is 12.4 Å². The molecule has 1 saturated heterocycles. The zero-order chi connectivity index (χ0) is 20.0. The van der Waals surface area contributed by atoms with Crippen molar-refractivity contribution < 1.29 is 23.7 Å². The Morgan fingerprint density at radius 1 is 1.25 bits per heavy atom. The van der Waals surface area contributed by atoms with Gasteiger partial charge in [-0.3, -0.25) is 0 Å². The molecule has 2 aromatic rings. The van der Waals surface area contributed by atoms with Crippen molar-refractivity contribution in [2.45, 2.75) is 44.0 Å². The zero-order valence-corrected chi connectivity index (χ0v) is 16.8. The van der Waals surface area contributed by atoms with Crippen LogP contribution in [0.2, 0.25) is 0 Å². The summed E-state index contributed by atoms with van der Waals surface area (Å²) in [5.74, 6) is -1.15. The van der Waals surface area contributed by atoms with Crippen LogP contribution < -0.4 is 5.73 Å². The van der Waals surface area contributed by atoms with Gasteiger partial charge in [0.25, 0.3) is 0 Å². The minimum absolute atomic E-state index is 0. The Hall–Kier alpha value is -1.64. The lowest BCUT2D eigenvalue weighted by Crippen LogP contribution is -2.38. The molecule has 0 bridgehead atoms. The van der Waals surface area contributed by atoms with Crippen LogP contribution in [0.4, 0.5) is 8.78 Å². The molecular weight excluding hydrogens is 390 g/mol. The van der Waals surface area contributed by atoms with E-state index in [-0.39, 0.29) is 43.2 Å². The molecule has 1 fully saturated rings. The van der Waals surface area contributed by atoms with Crippen LogP contribution in [0.3, 0.4) is 0 Å². The highest BCUT2D eigenvalue weighted by atomic mass is 35.5. The first kappa shape index (κ1) is 22.6. The molecule has 0 saturated carbocycles. The van der Waals surface area contributed by atoms with Gasteiger partial charge in [-0.2, -0.15) is 0 Å². The first-order valence-electron chi connectivity index (χ1n) is 8.74. The number of nitrogens with two attached hydrogens (primary N) is 1. The molecule has 1 aliphatic rings. The number of hydrogen-bond acceptors (Lipinski definition) is 5. The average Bonchev–Trinajstić information content (AvgIpc) is 2.91. The second kappa shape index (κ2) is 7.65. The molecule has 0 spiro atoms. The summed E-state index contributed by atoms with van der Waals surface area (Å²) < 4.78 is 34.3. The highest BCUT2D eigenvalue weighted by Gasteiger charge is 2.48. The first-order valence-corrected chi connectivity index (χ1v) is 8.74. The van der Waals surface area contributed by atoms with Crippen molar-refractivity contribution >= 4 is 12.4 Å². The van der Waals surface area contributed by atoms with Crippen LogP contribution in [0, 0.1) is 11.6 Å². The van der Waals surface area contributed by atoms with Crippen molar-refractivity contribution in [3.8, 4) is 11.3 Å². The molecule has 0 aliphatic carbocycles. The van der Waals surface area contributed by atoms with Gasteiger partial charge in [0, 0.05) is 24.1 Å². The minimum Gasteiger partial charge on any atom is -0.388 e. The van der Waals surface area contributed by atoms with E-state index in [1.165, 1.54) is 44.2 Å². The molecule has 0 radical (unpaired) electrons. The Bertz CT molecular complexity index is 854. The summed E-state index contributed by atoms with van der Waals surface area (Å²) in [5.41, 5.74) is 2.92. The standard InChI is InChI=1S/C20H24F2N2O3.ClH/c1-18(2,25)14-8-15(20(10-23)9-19(3,26)11-27-20)24-17(16(14)22)12-4-6-13(21)7-5-12;/h4-8,25-26H,9-11,23H2,1-3H3;1H. The predicted molar refractivity (Wildman–Crippen MR) is 104 cm³/mol. The molecule has 1 aromatic carbocycles. The monoisotopic (exact) mass is 414 g/mol. The lowest BCUT2D eigenvalue weighted by Gasteiger charge is -2.30. The van der Waals surface area contributed by atoms with Crippen molar-refractivity contribution in [2.75, 3.05) is 13.2 Å². The van der Waals surface area contributed by atoms with Crippen LogP contribution in [0.5, 0.6) is 0 Å². The average molecular weight is 415 g/mol. The largest absolute Gasteiger partial charge is 0.388 e. The number of pyridine rings is 1. The molecule has 3 rings (SSSR count). The number of aliphatic hydroxyl groups is 2. The molecule has 0 amide bonds. The van der Waals surface area contributed by atoms with Gasteiger partial charge in [0.1, 0.15) is 17.1 Å². The Morgan fingerprint density at radius 3 is 2.32 bits per heavy atom. The van der Waals surface area contributed by atoms with Gasteiger partial charge in [0.05, 0.1) is 23.5 Å². The quantitative estimate of drug-likeness (QED) is 0.715. The van der Waals surface area contributed by atoms with Crippen LogP contribution in [0.1, 0.15) is 38.4 Å². The SMILES string of the molecule is CC1(O)COC(CN)(c2cc(C(C)(C)O)c(F)c(-c3ccc(F)cc3)n2)C1.Cl. The zero-order valence-electron chi connectivity index (χ0n) is 16.0. The maximum absolute atomic E-state index is 15.2. The maximum Gasteiger partial charge on any atom is 0.155 e. The summed E-state index contributed by atoms with van der Waals surface area (Å²) in [4.78, 5) is 4.41. The number of ether oxygens (including phenoxy) is 1. The van der Waals surface area contributed by atoms with E-state index in [1.54, 1.807) is 6.92 Å². The van der Waals surface area contributed by atoms with Crippen LogP contribution in [-0.4, -0.2) is 33.9 Å². The molecule has 8 heteroatoms. The van der Waals surface area contributed by atoms with Gasteiger partial charge in [-0.15, -0.1) is 12.4 Å². The van der Waals surface area contributed by atoms with Crippen molar-refractivity contribution in [3.63, 3.8) is 0 Å². The van der Waals surface area contributed by atoms with Gasteiger partial charge >= 0.3 is 0 Å². The maximum atomic E-state index is 15.2. The summed E-state index contributed by atoms with van der Waals surface area (Å²) in [6.45, 7) is 4.64. The van der Waals surface area contributed by atoms with Crippen molar-refractivity contribution in [1.29, 1.82) is 0 Å². The van der Waals surface area contributed by atoms with E-state index in [0.29, 0.717) is 11.3 Å². The Balaban J connectivity index is 0.00000280. The second-order valence-electron chi connectivity index (χ2n) is 7.94. The predicted octanol–water partition coefficient (Wildman–Crippen LogP) is 3.00. The number of rotatable bonds is 4. The third-order valence-electron chi connectivity index (χ3n) is 4.86. The lowest BCUT2D eigenvalue weighted by molar-refractivity contribution is -0.00730. The normalized spacial score (nSPS) is 24.9. The number of hydrogen-bond donors (Lipinski definition) is 3. The van der Waals surface area contributed by atoms with E-state index in [1.807, 2.05) is 0 Å². The molecule has 5 nitrogen and oxygen atoms in total. The lowest BCUT2D eigenvalue weighted by atomic mass is 9.86. The highest BCUT2D eigenvalue weighted by molar-refractivity contribution is 5.85. The minimum atomic E-state index is -1.49. The first-order chi connectivity index (χ1) is 12.5. The van der Waals surface area contributed by atoms with E-state index in [2.05, 4.69) is 4.98 Å². The summed E-state index contributed by atoms with van der Waals surface area (Å²) in [5, 5.41) is 20.8. The van der Waals surface area contributed by atoms with Crippen LogP contribution in [-0.2, 0) is 15.9 Å². The topological polar surface area (TPSA) is 88.6 Å². The third kappa shape index (κ3) is 4.18. The summed E-state index contributed by atoms with van der Waals surface area (Å²) in [6, 6.07) is 6.68. The molecule has 1 aliphatic heterocycles. The highest BCUT2D eigenvalue weighted by Crippen LogP contribution is 2.42. The van der Waals surface area contributed by atoms with Gasteiger partial charge in [-0.1, -0.05) is 0 Å². The Labute approximate surface area is 169 Å². The van der Waals surface area contributed by atoms with Crippen LogP contribution in [0.15, 0.2) is 30.3 Å². The van der Waals surface area contributed by atoms with E-state index in [9.17, 15) is 14.6 Å². The van der Waals surface area contributed by atoms with Crippen LogP contribution in [0.25, 0.3) is 11.3 Å². The molecule has 1 aromatic heterocycles. The molecule has 2 heterocycles. The van der Waals surface area contributed by atoms with Gasteiger partial charge in [-0.25, -0.2) is 13.8 Å². The molecule has 2 unspecified atom stereocenters. The van der Waals surface area contributed by atoms with E-state index in [4.69, 9.17) is 10.5 Å². The smallest absolute Gasteiger partial charge is 0.155 e. The van der Waals surface area contributed by atoms with E-state index < -0.39 is 28.4 Å². The fourth-order valence-electron chi connectivity index (χ4n) is 3.42. The Kier molecular flexibility index (Phi) is 6.19. The number of halogens is 3. The second-order valence-corrected chi connectivity index (χ2v) is 7.94. The molecule has 154 valence electrons. The Morgan fingerprint density at radius 2 is 1.86 bits per heavy atom. The summed E-state index contributed by atoms with van der Waals surface area (Å²) in [6.07, 6.45) is 0.184. The molecule has 28 heavy (non-hydrogen) atoms. The van der Waals surface area contributed by atoms with Gasteiger partial charge in [-0.05, 0) is 51.1 Å². The fraction of sp³-hybridized carbons (Fsp3) is 0.450. The number of nitrogens with zero attached hydrogens (tertiary/aromatic N) is 1. The third-order valence-corrected chi connectivity index (χ3v) is 4.86. The fourth-order valence-corrected chi connectivity index (χ4v) is 3.42. The number of aromatic nitrogens is 1. The van der Waals surface area contributed by atoms with Gasteiger partial charge in [0.2, 0.25) is 0 Å². The summed E-state index contributed by atoms with van der Waals surface area (Å²) in [7, 11) is 0. The van der Waals surface area contributed by atoms with E-state index in [0.717, 1.165) is 0 Å². The van der Waals surface area contributed by atoms with Gasteiger partial charge < -0.3 is 20.7 Å². The molecule has 4 N–H and O–H groups in total. The number of benzene rings is 1. The molecular formula is C20H25ClF2N2O3. The summed E-state index contributed by atoms with van der Waals surface area (Å²) >= 11 is 0. The molecule has 2 atom stereocenters. The van der Waals surface area contributed by atoms with Gasteiger partial charge in [0.15, 0.2) is 5.82 Å². The van der Waals surface area contributed by atoms with Crippen molar-refractivity contribution in [3.05, 3.63) is 53.2 Å². The van der Waals surface area contributed by atoms with Crippen molar-refractivity contribution in [2.24, 2.45) is 5.73 Å². The van der Waals surface area contributed by atoms with E-state index >= 15 is 4.39 Å².